The van der Waals surface area contributed by atoms with E-state index in [-0.39, 0.29) is 30.6 Å². The van der Waals surface area contributed by atoms with Gasteiger partial charge < -0.3 is 24.8 Å². The monoisotopic (exact) mass is 619 g/mol. The molecule has 1 aromatic heterocycles. The summed E-state index contributed by atoms with van der Waals surface area (Å²) in [7, 11) is 0. The van der Waals surface area contributed by atoms with Gasteiger partial charge in [0.25, 0.3) is 5.91 Å². The van der Waals surface area contributed by atoms with Crippen molar-refractivity contribution >= 4 is 5.91 Å². The number of hydrogen-bond acceptors (Lipinski definition) is 6. The minimum absolute atomic E-state index is 0.0268. The zero-order chi connectivity index (χ0) is 31.7. The van der Waals surface area contributed by atoms with Crippen LogP contribution in [0.15, 0.2) is 97.3 Å². The van der Waals surface area contributed by atoms with Crippen molar-refractivity contribution in [1.82, 2.24) is 15.2 Å². The number of hydrogen-bond donors (Lipinski definition) is 2. The molecular formula is C39H45N3O4. The number of benzene rings is 3. The lowest BCUT2D eigenvalue weighted by Crippen LogP contribution is -2.45. The Kier molecular flexibility index (Phi) is 10.9. The van der Waals surface area contributed by atoms with Gasteiger partial charge in [0.1, 0.15) is 0 Å². The molecule has 0 unspecified atom stereocenters. The number of nitrogens with one attached hydrogen (secondary N) is 1. The normalized spacial score (nSPS) is 22.5. The third-order valence-corrected chi connectivity index (χ3v) is 9.33. The lowest BCUT2D eigenvalue weighted by molar-refractivity contribution is -0.276. The third kappa shape index (κ3) is 8.09. The van der Waals surface area contributed by atoms with Gasteiger partial charge in [0.15, 0.2) is 6.29 Å². The van der Waals surface area contributed by atoms with Crippen LogP contribution in [-0.4, -0.2) is 46.6 Å². The number of nitrogens with zero attached hydrogens (tertiary/aromatic N) is 2. The fraction of sp³-hybridized carbons (Fsp3) is 0.385. The summed E-state index contributed by atoms with van der Waals surface area (Å²) in [6.07, 6.45) is 9.08. The first-order chi connectivity index (χ1) is 22.6. The molecule has 2 aliphatic rings. The molecule has 46 heavy (non-hydrogen) atoms. The Bertz CT molecular complexity index is 1540. The molecule has 6 rings (SSSR count). The highest BCUT2D eigenvalue weighted by atomic mass is 16.7. The van der Waals surface area contributed by atoms with Gasteiger partial charge in [-0.05, 0) is 71.9 Å². The second kappa shape index (κ2) is 15.6. The summed E-state index contributed by atoms with van der Waals surface area (Å²) in [5.74, 6) is 0.0271. The van der Waals surface area contributed by atoms with Gasteiger partial charge in [-0.3, -0.25) is 9.78 Å². The van der Waals surface area contributed by atoms with Gasteiger partial charge in [0, 0.05) is 37.0 Å². The van der Waals surface area contributed by atoms with Gasteiger partial charge in [-0.2, -0.15) is 0 Å². The van der Waals surface area contributed by atoms with Crippen molar-refractivity contribution in [3.05, 3.63) is 125 Å². The molecule has 2 N–H and O–H groups in total. The van der Waals surface area contributed by atoms with E-state index in [9.17, 15) is 9.90 Å². The largest absolute Gasteiger partial charge is 0.392 e. The lowest BCUT2D eigenvalue weighted by Gasteiger charge is -2.43. The first-order valence-electron chi connectivity index (χ1n) is 16.7. The molecule has 4 atom stereocenters. The molecule has 0 bridgehead atoms. The molecule has 3 aromatic carbocycles. The minimum atomic E-state index is -0.485. The number of amides is 1. The summed E-state index contributed by atoms with van der Waals surface area (Å²) < 4.78 is 13.5. The Hall–Kier alpha value is -3.88. The molecule has 2 aliphatic heterocycles. The van der Waals surface area contributed by atoms with E-state index < -0.39 is 6.29 Å². The first kappa shape index (κ1) is 32.1. The van der Waals surface area contributed by atoms with Crippen molar-refractivity contribution in [2.45, 2.75) is 70.7 Å². The number of ether oxygens (including phenoxy) is 2. The van der Waals surface area contributed by atoms with Crippen molar-refractivity contribution in [1.29, 1.82) is 0 Å². The SMILES string of the molecule is C[C@H]1[C@@H](CN2CCCCCCC2)O[C@@H](c2ccc(-c3cccc(CNC(=O)c4cccnc4)c3)cc2)O[C@H]1c1ccc(CO)cc1. The minimum Gasteiger partial charge on any atom is -0.392 e. The summed E-state index contributed by atoms with van der Waals surface area (Å²) in [5.41, 5.74) is 6.73. The number of rotatable bonds is 9. The van der Waals surface area contributed by atoms with E-state index in [2.05, 4.69) is 70.7 Å². The van der Waals surface area contributed by atoms with Crippen LogP contribution in [0, 0.1) is 5.92 Å². The molecule has 3 heterocycles. The van der Waals surface area contributed by atoms with E-state index in [0.717, 1.165) is 53.0 Å². The lowest BCUT2D eigenvalue weighted by atomic mass is 9.89. The molecule has 2 saturated heterocycles. The Morgan fingerprint density at radius 3 is 2.30 bits per heavy atom. The number of pyridine rings is 1. The number of aromatic nitrogens is 1. The quantitative estimate of drug-likeness (QED) is 0.206. The van der Waals surface area contributed by atoms with Gasteiger partial charge in [-0.15, -0.1) is 0 Å². The van der Waals surface area contributed by atoms with Crippen molar-refractivity contribution in [3.8, 4) is 11.1 Å². The second-order valence-corrected chi connectivity index (χ2v) is 12.6. The van der Waals surface area contributed by atoms with Crippen molar-refractivity contribution in [2.75, 3.05) is 19.6 Å². The van der Waals surface area contributed by atoms with Crippen LogP contribution in [0.3, 0.4) is 0 Å². The molecule has 0 saturated carbocycles. The molecule has 2 fully saturated rings. The summed E-state index contributed by atoms with van der Waals surface area (Å²) in [6.45, 7) is 5.84. The van der Waals surface area contributed by atoms with Crippen LogP contribution in [0.2, 0.25) is 0 Å². The molecule has 0 spiro atoms. The van der Waals surface area contributed by atoms with E-state index in [4.69, 9.17) is 9.47 Å². The van der Waals surface area contributed by atoms with Crippen LogP contribution in [0.4, 0.5) is 0 Å². The highest BCUT2D eigenvalue weighted by molar-refractivity contribution is 5.93. The highest BCUT2D eigenvalue weighted by Gasteiger charge is 2.39. The number of carbonyl (C=O) groups is 1. The van der Waals surface area contributed by atoms with Crippen molar-refractivity contribution < 1.29 is 19.4 Å². The highest BCUT2D eigenvalue weighted by Crippen LogP contribution is 2.42. The summed E-state index contributed by atoms with van der Waals surface area (Å²) in [4.78, 5) is 19.1. The zero-order valence-corrected chi connectivity index (χ0v) is 26.7. The van der Waals surface area contributed by atoms with Crippen LogP contribution in [-0.2, 0) is 22.6 Å². The van der Waals surface area contributed by atoms with Gasteiger partial charge in [-0.25, -0.2) is 0 Å². The standard InChI is InChI=1S/C39H45N3O4/c1-28-36(26-42-21-5-3-2-4-6-22-42)45-39(46-37(28)32-14-12-29(27-43)13-15-32)33-18-16-31(17-19-33)34-10-7-9-30(23-34)24-41-38(44)35-11-8-20-40-25-35/h7-20,23,25,28,36-37,39,43H,2-6,21-22,24,26-27H2,1H3,(H,41,44)/t28-,36+,37+,39+/m0/s1. The number of aliphatic hydroxyl groups is 1. The maximum absolute atomic E-state index is 12.5. The average Bonchev–Trinajstić information content (AvgIpc) is 3.10. The number of aliphatic hydroxyl groups excluding tert-OH is 1. The smallest absolute Gasteiger partial charge is 0.253 e. The fourth-order valence-electron chi connectivity index (χ4n) is 6.55. The maximum atomic E-state index is 12.5. The molecular weight excluding hydrogens is 574 g/mol. The molecule has 7 heteroatoms. The van der Waals surface area contributed by atoms with Gasteiger partial charge in [0.05, 0.1) is 24.4 Å². The Morgan fingerprint density at radius 2 is 1.59 bits per heavy atom. The van der Waals surface area contributed by atoms with Crippen LogP contribution in [0.25, 0.3) is 11.1 Å². The zero-order valence-electron chi connectivity index (χ0n) is 26.7. The first-order valence-corrected chi connectivity index (χ1v) is 16.7. The predicted octanol–water partition coefficient (Wildman–Crippen LogP) is 7.23. The summed E-state index contributed by atoms with van der Waals surface area (Å²) >= 11 is 0. The number of likely N-dealkylation sites (tertiary alicyclic amines) is 1. The van der Waals surface area contributed by atoms with E-state index in [1.54, 1.807) is 24.5 Å². The third-order valence-electron chi connectivity index (χ3n) is 9.33. The Balaban J connectivity index is 1.18. The second-order valence-electron chi connectivity index (χ2n) is 12.6. The van der Waals surface area contributed by atoms with Crippen molar-refractivity contribution in [2.24, 2.45) is 5.92 Å². The van der Waals surface area contributed by atoms with E-state index >= 15 is 0 Å². The Morgan fingerprint density at radius 1 is 0.848 bits per heavy atom. The van der Waals surface area contributed by atoms with Crippen molar-refractivity contribution in [3.63, 3.8) is 0 Å². The van der Waals surface area contributed by atoms with Gasteiger partial charge >= 0.3 is 0 Å². The summed E-state index contributed by atoms with van der Waals surface area (Å²) in [6, 6.07) is 28.3. The fourth-order valence-corrected chi connectivity index (χ4v) is 6.55. The maximum Gasteiger partial charge on any atom is 0.253 e. The van der Waals surface area contributed by atoms with E-state index in [1.807, 2.05) is 24.3 Å². The van der Waals surface area contributed by atoms with Crippen LogP contribution in [0.1, 0.15) is 84.0 Å². The number of carbonyl (C=O) groups excluding carboxylic acids is 1. The van der Waals surface area contributed by atoms with Crippen LogP contribution >= 0.6 is 0 Å². The predicted molar refractivity (Wildman–Crippen MR) is 180 cm³/mol. The van der Waals surface area contributed by atoms with Gasteiger partial charge in [-0.1, -0.05) is 92.9 Å². The molecule has 7 nitrogen and oxygen atoms in total. The van der Waals surface area contributed by atoms with E-state index in [0.29, 0.717) is 12.1 Å². The van der Waals surface area contributed by atoms with E-state index in [1.165, 1.54) is 32.1 Å². The molecule has 4 aromatic rings. The molecule has 0 aliphatic carbocycles. The topological polar surface area (TPSA) is 83.9 Å². The average molecular weight is 620 g/mol. The molecule has 1 amide bonds. The molecule has 0 radical (unpaired) electrons. The molecule has 240 valence electrons. The van der Waals surface area contributed by atoms with Gasteiger partial charge in [0.2, 0.25) is 0 Å². The van der Waals surface area contributed by atoms with Crippen LogP contribution in [0.5, 0.6) is 0 Å². The van der Waals surface area contributed by atoms with Crippen LogP contribution < -0.4 is 5.32 Å². The summed E-state index contributed by atoms with van der Waals surface area (Å²) in [5, 5.41) is 12.6. The Labute approximate surface area is 272 Å².